The summed E-state index contributed by atoms with van der Waals surface area (Å²) in [6.07, 6.45) is 9.54. The van der Waals surface area contributed by atoms with Gasteiger partial charge in [-0.05, 0) is 174 Å². The number of halogens is 3. The van der Waals surface area contributed by atoms with Gasteiger partial charge >= 0.3 is 0 Å². The first-order valence-electron chi connectivity index (χ1n) is 24.6. The summed E-state index contributed by atoms with van der Waals surface area (Å²) in [5.41, 5.74) is 32.3. The lowest BCUT2D eigenvalue weighted by Gasteiger charge is -2.39. The Morgan fingerprint density at radius 2 is 0.859 bits per heavy atom. The molecule has 0 spiro atoms. The van der Waals surface area contributed by atoms with E-state index in [1.165, 1.54) is 48.5 Å². The molecule has 11 aromatic rings. The van der Waals surface area contributed by atoms with Gasteiger partial charge in [-0.3, -0.25) is 19.7 Å². The zero-order valence-electron chi connectivity index (χ0n) is 43.4. The molecule has 0 radical (unpaired) electrons. The van der Waals surface area contributed by atoms with E-state index < -0.39 is 14.4 Å². The maximum atomic E-state index is 13.3. The van der Waals surface area contributed by atoms with Crippen molar-refractivity contribution in [3.8, 4) is 44.8 Å². The molecule has 0 saturated heterocycles. The molecular weight excluding hydrogens is 1010 g/mol. The Balaban J connectivity index is 0.000000144. The third kappa shape index (κ3) is 13.3. The SMILES string of the molecule is CC(C)(C)[Si](C)(C)OC(C(=O)c1ccc(F)cc1)c1ccncc1.Nc1ccc2c(-c3ccc(F)cc3)c(-c3ccncc3)[nH]c2n1.Nc1ccc2c(-c3ccncc3)c(-c3ccc(F)cc3)[nH]c2n1.Nc1cccc(N)n1. The molecule has 1 atom stereocenters. The van der Waals surface area contributed by atoms with Gasteiger partial charge < -0.3 is 37.3 Å². The topological polar surface area (TPSA) is 239 Å². The van der Waals surface area contributed by atoms with E-state index in [-0.39, 0.29) is 28.3 Å². The number of rotatable bonds is 9. The van der Waals surface area contributed by atoms with Gasteiger partial charge in [0.25, 0.3) is 0 Å². The van der Waals surface area contributed by atoms with Gasteiger partial charge in [-0.1, -0.05) is 39.0 Å². The Morgan fingerprint density at radius 1 is 0.487 bits per heavy atom. The van der Waals surface area contributed by atoms with Crippen LogP contribution >= 0.6 is 0 Å². The summed E-state index contributed by atoms with van der Waals surface area (Å²) < 4.78 is 46.1. The number of H-pyrrole nitrogens is 2. The minimum absolute atomic E-state index is 0.0264. The number of hydrogen-bond acceptors (Lipinski definition) is 12. The van der Waals surface area contributed by atoms with Gasteiger partial charge in [0, 0.05) is 70.2 Å². The molecule has 0 bridgehead atoms. The normalized spacial score (nSPS) is 11.6. The van der Waals surface area contributed by atoms with Crippen molar-refractivity contribution in [2.45, 2.75) is 45.0 Å². The lowest BCUT2D eigenvalue weighted by Crippen LogP contribution is -2.43. The van der Waals surface area contributed by atoms with Gasteiger partial charge in [0.05, 0.1) is 11.4 Å². The van der Waals surface area contributed by atoms with Crippen LogP contribution < -0.4 is 22.9 Å². The molecule has 8 aromatic heterocycles. The monoisotopic (exact) mass is 1060 g/mol. The highest BCUT2D eigenvalue weighted by atomic mass is 28.4. The molecule has 0 saturated carbocycles. The Labute approximate surface area is 450 Å². The summed E-state index contributed by atoms with van der Waals surface area (Å²) in [4.78, 5) is 44.2. The number of carbonyl (C=O) groups is 1. The first-order chi connectivity index (χ1) is 37.3. The number of pyridine rings is 6. The van der Waals surface area contributed by atoms with Crippen LogP contribution in [-0.4, -0.2) is 54.0 Å². The summed E-state index contributed by atoms with van der Waals surface area (Å²) in [7, 11) is -2.17. The number of anilines is 4. The molecule has 11 rings (SSSR count). The number of Topliss-reactive ketones (excluding diaryl/α,β-unsaturated/α-hetero) is 1. The summed E-state index contributed by atoms with van der Waals surface area (Å²) in [5, 5.41) is 1.88. The van der Waals surface area contributed by atoms with Crippen molar-refractivity contribution < 1.29 is 22.4 Å². The maximum absolute atomic E-state index is 13.3. The fourth-order valence-electron chi connectivity index (χ4n) is 7.99. The predicted molar refractivity (Wildman–Crippen MR) is 307 cm³/mol. The minimum Gasteiger partial charge on any atom is -0.403 e. The molecule has 8 heterocycles. The molecule has 1 unspecified atom stereocenters. The predicted octanol–water partition coefficient (Wildman–Crippen LogP) is 13.4. The van der Waals surface area contributed by atoms with Gasteiger partial charge in [-0.15, -0.1) is 0 Å². The average molecular weight is 1060 g/mol. The molecule has 0 aliphatic heterocycles. The summed E-state index contributed by atoms with van der Waals surface area (Å²) >= 11 is 0. The number of nitrogens with zero attached hydrogens (tertiary/aromatic N) is 6. The van der Waals surface area contributed by atoms with E-state index in [0.29, 0.717) is 40.1 Å². The van der Waals surface area contributed by atoms with E-state index in [1.54, 1.807) is 104 Å². The molecule has 14 nitrogen and oxygen atoms in total. The van der Waals surface area contributed by atoms with Gasteiger partial charge in [0.1, 0.15) is 58.1 Å². The zero-order valence-corrected chi connectivity index (χ0v) is 44.4. The summed E-state index contributed by atoms with van der Waals surface area (Å²) in [6, 6.07) is 42.2. The second-order valence-electron chi connectivity index (χ2n) is 19.4. The van der Waals surface area contributed by atoms with Gasteiger partial charge in [0.2, 0.25) is 0 Å². The fraction of sp³-hybridized carbons (Fsp3) is 0.117. The largest absolute Gasteiger partial charge is 0.403 e. The van der Waals surface area contributed by atoms with Gasteiger partial charge in [-0.2, -0.15) is 0 Å². The number of hydrogen-bond donors (Lipinski definition) is 6. The second kappa shape index (κ2) is 24.0. The van der Waals surface area contributed by atoms with Crippen LogP contribution in [0.1, 0.15) is 42.8 Å². The molecule has 78 heavy (non-hydrogen) atoms. The first-order valence-corrected chi connectivity index (χ1v) is 27.5. The number of nitrogen functional groups attached to an aromatic ring is 4. The number of ketones is 1. The summed E-state index contributed by atoms with van der Waals surface area (Å²) in [6.45, 7) is 10.6. The molecular formula is C60H57F3N12O2Si. The van der Waals surface area contributed by atoms with Crippen LogP contribution in [0.5, 0.6) is 0 Å². The third-order valence-corrected chi connectivity index (χ3v) is 17.4. The van der Waals surface area contributed by atoms with Crippen LogP contribution in [-0.2, 0) is 4.43 Å². The van der Waals surface area contributed by atoms with Gasteiger partial charge in [-0.25, -0.2) is 28.1 Å². The van der Waals surface area contributed by atoms with Crippen molar-refractivity contribution in [2.75, 3.05) is 22.9 Å². The Morgan fingerprint density at radius 3 is 1.28 bits per heavy atom. The average Bonchev–Trinajstić information content (AvgIpc) is 4.06. The van der Waals surface area contributed by atoms with Crippen LogP contribution in [0.3, 0.4) is 0 Å². The van der Waals surface area contributed by atoms with Crippen LogP contribution in [0.2, 0.25) is 18.1 Å². The van der Waals surface area contributed by atoms with Crippen molar-refractivity contribution in [3.05, 3.63) is 217 Å². The number of fused-ring (bicyclic) bond motifs is 2. The molecule has 0 amide bonds. The van der Waals surface area contributed by atoms with Crippen LogP contribution in [0.25, 0.3) is 66.8 Å². The number of benzene rings is 3. The molecule has 0 fully saturated rings. The smallest absolute Gasteiger partial charge is 0.194 e. The molecule has 18 heteroatoms. The van der Waals surface area contributed by atoms with Crippen molar-refractivity contribution in [2.24, 2.45) is 0 Å². The van der Waals surface area contributed by atoms with Gasteiger partial charge in [0.15, 0.2) is 14.1 Å². The minimum atomic E-state index is -2.17. The number of aromatic amines is 2. The highest BCUT2D eigenvalue weighted by molar-refractivity contribution is 6.74. The van der Waals surface area contributed by atoms with E-state index in [0.717, 1.165) is 61.1 Å². The zero-order chi connectivity index (χ0) is 55.6. The first kappa shape index (κ1) is 54.7. The Kier molecular flexibility index (Phi) is 16.8. The maximum Gasteiger partial charge on any atom is 0.194 e. The molecule has 0 aliphatic carbocycles. The number of nitrogens with one attached hydrogen (secondary N) is 2. The lowest BCUT2D eigenvalue weighted by atomic mass is 9.99. The number of aromatic nitrogens is 8. The van der Waals surface area contributed by atoms with E-state index in [2.05, 4.69) is 73.7 Å². The van der Waals surface area contributed by atoms with E-state index >= 15 is 0 Å². The van der Waals surface area contributed by atoms with E-state index in [4.69, 9.17) is 27.4 Å². The second-order valence-corrected chi connectivity index (χ2v) is 24.2. The van der Waals surface area contributed by atoms with E-state index in [1.807, 2.05) is 36.4 Å². The lowest BCUT2D eigenvalue weighted by molar-refractivity contribution is 0.0767. The van der Waals surface area contributed by atoms with Crippen LogP contribution in [0.4, 0.5) is 36.4 Å². The van der Waals surface area contributed by atoms with Crippen LogP contribution in [0.15, 0.2) is 189 Å². The van der Waals surface area contributed by atoms with Crippen molar-refractivity contribution in [1.29, 1.82) is 0 Å². The number of carbonyl (C=O) groups excluding carboxylic acids is 1. The number of nitrogens with two attached hydrogens (primary N) is 4. The van der Waals surface area contributed by atoms with E-state index in [9.17, 15) is 18.0 Å². The van der Waals surface area contributed by atoms with Crippen LogP contribution in [0, 0.1) is 17.5 Å². The van der Waals surface area contributed by atoms with Crippen molar-refractivity contribution in [1.82, 2.24) is 39.9 Å². The Bertz CT molecular complexity index is 3740. The fourth-order valence-corrected chi connectivity index (χ4v) is 9.18. The summed E-state index contributed by atoms with van der Waals surface area (Å²) in [5.74, 6) is 0.772. The quantitative estimate of drug-likeness (QED) is 0.0584. The third-order valence-electron chi connectivity index (χ3n) is 12.9. The van der Waals surface area contributed by atoms with Crippen molar-refractivity contribution in [3.63, 3.8) is 0 Å². The highest BCUT2D eigenvalue weighted by Gasteiger charge is 2.41. The molecule has 10 N–H and O–H groups in total. The van der Waals surface area contributed by atoms with Crippen molar-refractivity contribution >= 4 is 59.4 Å². The highest BCUT2D eigenvalue weighted by Crippen LogP contribution is 2.42. The molecule has 0 aliphatic rings. The molecule has 3 aromatic carbocycles. The standard InChI is InChI=1S/C19H24FNO2Si.2C18H13FN4.C5H7N3/c1-19(2,3)24(4,5)23-18(15-10-12-21-13-11-15)17(22)14-6-8-16(20)9-7-14;19-13-3-1-12(2-4-13)17-16(11-7-9-21-10-8-11)14-5-6-15(20)22-18(14)23-17;19-13-3-1-11(2-4-13)16-14-5-6-15(20)22-18(14)23-17(16)12-7-9-21-10-8-12;6-4-2-1-3-5(7)8-4/h6-13,18H,1-5H3;2*1-10H,(H3,20,22,23);1-3H,(H4,6,7,8). The Hall–Kier alpha value is -9.52. The molecule has 394 valence electrons.